The van der Waals surface area contributed by atoms with Crippen LogP contribution in [0.3, 0.4) is 0 Å². The highest BCUT2D eigenvalue weighted by Crippen LogP contribution is 2.44. The molecule has 0 radical (unpaired) electrons. The van der Waals surface area contributed by atoms with Crippen molar-refractivity contribution in [1.29, 1.82) is 0 Å². The molecular formula is C30H42F2. The molecule has 3 rings (SSSR count). The van der Waals surface area contributed by atoms with Gasteiger partial charge in [0.2, 0.25) is 0 Å². The highest BCUT2D eigenvalue weighted by atomic mass is 19.2. The minimum absolute atomic E-state index is 0.336. The smallest absolute Gasteiger partial charge is 0.166 e. The lowest BCUT2D eigenvalue weighted by Crippen LogP contribution is -2.25. The van der Waals surface area contributed by atoms with Crippen LogP contribution >= 0.6 is 0 Å². The first-order chi connectivity index (χ1) is 15.6. The first kappa shape index (κ1) is 24.9. The van der Waals surface area contributed by atoms with Crippen LogP contribution in [0.5, 0.6) is 0 Å². The van der Waals surface area contributed by atoms with Gasteiger partial charge in [-0.1, -0.05) is 102 Å². The van der Waals surface area contributed by atoms with Gasteiger partial charge in [0.05, 0.1) is 0 Å². The van der Waals surface area contributed by atoms with Gasteiger partial charge in [-0.15, -0.1) is 0 Å². The number of hydrogen-bond acceptors (Lipinski definition) is 0. The Morgan fingerprint density at radius 1 is 0.688 bits per heavy atom. The van der Waals surface area contributed by atoms with E-state index < -0.39 is 11.6 Å². The largest absolute Gasteiger partial charge is 0.203 e. The maximum Gasteiger partial charge on any atom is 0.166 e. The first-order valence-electron chi connectivity index (χ1n) is 13.1. The van der Waals surface area contributed by atoms with Gasteiger partial charge >= 0.3 is 0 Å². The SMILES string of the molecule is CCCCCc1ccc(-c2ccc(CCC3(CCCCC)CCCCC3)c(F)c2F)cc1. The summed E-state index contributed by atoms with van der Waals surface area (Å²) < 4.78 is 30.1. The molecule has 0 nitrogen and oxygen atoms in total. The van der Waals surface area contributed by atoms with Crippen LogP contribution in [0.25, 0.3) is 11.1 Å². The van der Waals surface area contributed by atoms with Crippen molar-refractivity contribution in [1.82, 2.24) is 0 Å². The Balaban J connectivity index is 1.68. The molecule has 176 valence electrons. The lowest BCUT2D eigenvalue weighted by atomic mass is 9.68. The second-order valence-corrected chi connectivity index (χ2v) is 10.1. The molecule has 1 aliphatic carbocycles. The van der Waals surface area contributed by atoms with Crippen molar-refractivity contribution in [2.24, 2.45) is 5.41 Å². The van der Waals surface area contributed by atoms with Crippen LogP contribution in [-0.2, 0) is 12.8 Å². The zero-order valence-electron chi connectivity index (χ0n) is 20.3. The summed E-state index contributed by atoms with van der Waals surface area (Å²) in [6.07, 6.45) is 17.7. The van der Waals surface area contributed by atoms with Crippen molar-refractivity contribution in [3.63, 3.8) is 0 Å². The lowest BCUT2D eigenvalue weighted by Gasteiger charge is -2.38. The van der Waals surface area contributed by atoms with E-state index in [1.807, 2.05) is 18.2 Å². The zero-order chi connectivity index (χ0) is 22.8. The van der Waals surface area contributed by atoms with Crippen molar-refractivity contribution in [3.05, 3.63) is 59.2 Å². The Labute approximate surface area is 194 Å². The Hall–Kier alpha value is -1.70. The molecule has 2 heteroatoms. The Morgan fingerprint density at radius 2 is 1.38 bits per heavy atom. The molecular weight excluding hydrogens is 398 g/mol. The minimum atomic E-state index is -0.690. The summed E-state index contributed by atoms with van der Waals surface area (Å²) in [7, 11) is 0. The zero-order valence-corrected chi connectivity index (χ0v) is 20.3. The highest BCUT2D eigenvalue weighted by Gasteiger charge is 2.31. The summed E-state index contributed by atoms with van der Waals surface area (Å²) in [5.74, 6) is -1.33. The molecule has 0 aliphatic heterocycles. The van der Waals surface area contributed by atoms with E-state index >= 15 is 8.78 Å². The van der Waals surface area contributed by atoms with Crippen LogP contribution in [0.2, 0.25) is 0 Å². The summed E-state index contributed by atoms with van der Waals surface area (Å²) in [4.78, 5) is 0. The Morgan fingerprint density at radius 3 is 2.06 bits per heavy atom. The molecule has 0 N–H and O–H groups in total. The average molecular weight is 441 g/mol. The van der Waals surface area contributed by atoms with Gasteiger partial charge in [0, 0.05) is 5.56 Å². The average Bonchev–Trinajstić information content (AvgIpc) is 2.82. The number of hydrogen-bond donors (Lipinski definition) is 0. The van der Waals surface area contributed by atoms with E-state index in [9.17, 15) is 0 Å². The summed E-state index contributed by atoms with van der Waals surface area (Å²) in [6.45, 7) is 4.44. The second-order valence-electron chi connectivity index (χ2n) is 10.1. The summed E-state index contributed by atoms with van der Waals surface area (Å²) in [6, 6.07) is 11.6. The fourth-order valence-electron chi connectivity index (χ4n) is 5.51. The molecule has 0 amide bonds. The number of unbranched alkanes of at least 4 members (excludes halogenated alkanes) is 4. The normalized spacial score (nSPS) is 15.8. The number of aryl methyl sites for hydroxylation is 2. The Bertz CT molecular complexity index is 815. The van der Waals surface area contributed by atoms with Gasteiger partial charge < -0.3 is 0 Å². The first-order valence-corrected chi connectivity index (χ1v) is 13.1. The van der Waals surface area contributed by atoms with Gasteiger partial charge in [-0.25, -0.2) is 8.78 Å². The quantitative estimate of drug-likeness (QED) is 0.288. The maximum atomic E-state index is 15.0. The van der Waals surface area contributed by atoms with Crippen LogP contribution in [0, 0.1) is 17.0 Å². The van der Waals surface area contributed by atoms with Gasteiger partial charge in [-0.2, -0.15) is 0 Å². The van der Waals surface area contributed by atoms with Crippen LogP contribution in [0.15, 0.2) is 36.4 Å². The molecule has 0 heterocycles. The van der Waals surface area contributed by atoms with E-state index in [1.54, 1.807) is 6.07 Å². The van der Waals surface area contributed by atoms with Gasteiger partial charge in [-0.05, 0) is 67.1 Å². The highest BCUT2D eigenvalue weighted by molar-refractivity contribution is 5.65. The third-order valence-corrected chi connectivity index (χ3v) is 7.65. The molecule has 0 saturated heterocycles. The number of benzene rings is 2. The molecule has 0 aromatic heterocycles. The fourth-order valence-corrected chi connectivity index (χ4v) is 5.51. The van der Waals surface area contributed by atoms with Gasteiger partial charge in [0.15, 0.2) is 11.6 Å². The van der Waals surface area contributed by atoms with Gasteiger partial charge in [0.25, 0.3) is 0 Å². The third kappa shape index (κ3) is 6.65. The molecule has 0 unspecified atom stereocenters. The van der Waals surface area contributed by atoms with Crippen LogP contribution in [0.4, 0.5) is 8.78 Å². The standard InChI is InChI=1S/C30H42F2/c1-3-5-8-12-24-13-15-25(16-14-24)27-18-17-26(28(31)29(27)32)19-23-30(20-9-6-4-2)21-10-7-11-22-30/h13-18H,3-12,19-23H2,1-2H3. The van der Waals surface area contributed by atoms with Crippen molar-refractivity contribution in [2.45, 2.75) is 110 Å². The molecule has 2 aromatic carbocycles. The van der Waals surface area contributed by atoms with Crippen molar-refractivity contribution in [3.8, 4) is 11.1 Å². The molecule has 1 aliphatic rings. The summed E-state index contributed by atoms with van der Waals surface area (Å²) in [5.41, 5.74) is 3.28. The van der Waals surface area contributed by atoms with Crippen LogP contribution < -0.4 is 0 Å². The van der Waals surface area contributed by atoms with E-state index in [-0.39, 0.29) is 0 Å². The molecule has 1 saturated carbocycles. The van der Waals surface area contributed by atoms with E-state index in [4.69, 9.17) is 0 Å². The van der Waals surface area contributed by atoms with Crippen molar-refractivity contribution in [2.75, 3.05) is 0 Å². The van der Waals surface area contributed by atoms with Crippen LogP contribution in [0.1, 0.15) is 108 Å². The summed E-state index contributed by atoms with van der Waals surface area (Å²) in [5, 5.41) is 0. The van der Waals surface area contributed by atoms with Crippen LogP contribution in [-0.4, -0.2) is 0 Å². The molecule has 0 spiro atoms. The molecule has 32 heavy (non-hydrogen) atoms. The predicted octanol–water partition coefficient (Wildman–Crippen LogP) is 9.83. The fraction of sp³-hybridized carbons (Fsp3) is 0.600. The third-order valence-electron chi connectivity index (χ3n) is 7.65. The van der Waals surface area contributed by atoms with Crippen molar-refractivity contribution < 1.29 is 8.78 Å². The number of rotatable bonds is 12. The molecule has 0 bridgehead atoms. The molecule has 2 aromatic rings. The minimum Gasteiger partial charge on any atom is -0.203 e. The maximum absolute atomic E-state index is 15.0. The van der Waals surface area contributed by atoms with E-state index in [1.165, 1.54) is 82.6 Å². The summed E-state index contributed by atoms with van der Waals surface area (Å²) >= 11 is 0. The van der Waals surface area contributed by atoms with Gasteiger partial charge in [0.1, 0.15) is 0 Å². The molecule has 1 fully saturated rings. The van der Waals surface area contributed by atoms with E-state index in [0.29, 0.717) is 23.0 Å². The molecule has 0 atom stereocenters. The Kier molecular flexibility index (Phi) is 9.75. The number of halogens is 2. The topological polar surface area (TPSA) is 0 Å². The van der Waals surface area contributed by atoms with E-state index in [0.717, 1.165) is 18.4 Å². The van der Waals surface area contributed by atoms with E-state index in [2.05, 4.69) is 26.0 Å². The van der Waals surface area contributed by atoms with Crippen molar-refractivity contribution >= 4 is 0 Å². The second kappa shape index (κ2) is 12.5. The monoisotopic (exact) mass is 440 g/mol. The van der Waals surface area contributed by atoms with Gasteiger partial charge in [-0.3, -0.25) is 0 Å². The predicted molar refractivity (Wildman–Crippen MR) is 133 cm³/mol. The lowest BCUT2D eigenvalue weighted by molar-refractivity contribution is 0.152.